The van der Waals surface area contributed by atoms with E-state index in [9.17, 15) is 19.5 Å². The molecule has 26 heavy (non-hydrogen) atoms. The number of aliphatic carboxylic acids is 1. The Labute approximate surface area is 150 Å². The van der Waals surface area contributed by atoms with E-state index in [0.29, 0.717) is 5.56 Å². The van der Waals surface area contributed by atoms with Gasteiger partial charge in [0.1, 0.15) is 12.6 Å². The predicted molar refractivity (Wildman–Crippen MR) is 92.1 cm³/mol. The molecule has 0 saturated heterocycles. The van der Waals surface area contributed by atoms with Crippen molar-refractivity contribution in [3.63, 3.8) is 0 Å². The molecule has 2 rings (SSSR count). The topological polar surface area (TPSA) is 102 Å². The van der Waals surface area contributed by atoms with E-state index in [2.05, 4.69) is 5.32 Å². The molecule has 1 amide bonds. The molecule has 136 valence electrons. The van der Waals surface area contributed by atoms with E-state index < -0.39 is 30.2 Å². The zero-order chi connectivity index (χ0) is 18.9. The second-order valence-electron chi connectivity index (χ2n) is 5.49. The van der Waals surface area contributed by atoms with Crippen LogP contribution in [0.15, 0.2) is 60.7 Å². The maximum Gasteiger partial charge on any atom is 0.408 e. The molecule has 0 aromatic heterocycles. The number of carbonyl (C=O) groups excluding carboxylic acids is 2. The molecule has 0 saturated carbocycles. The van der Waals surface area contributed by atoms with Gasteiger partial charge in [0, 0.05) is 5.56 Å². The first-order valence-electron chi connectivity index (χ1n) is 7.93. The first kappa shape index (κ1) is 19.0. The highest BCUT2D eigenvalue weighted by atomic mass is 16.6. The van der Waals surface area contributed by atoms with Crippen LogP contribution in [0.2, 0.25) is 0 Å². The van der Waals surface area contributed by atoms with Crippen LogP contribution in [0.4, 0.5) is 4.79 Å². The number of carboxylic acid groups (broad SMARTS) is 1. The second kappa shape index (κ2) is 9.22. The Balaban J connectivity index is 1.87. The van der Waals surface area contributed by atoms with Crippen LogP contribution in [-0.4, -0.2) is 29.2 Å². The number of hydrogen-bond donors (Lipinski definition) is 2. The first-order valence-corrected chi connectivity index (χ1v) is 7.93. The van der Waals surface area contributed by atoms with Gasteiger partial charge in [-0.25, -0.2) is 14.4 Å². The van der Waals surface area contributed by atoms with Gasteiger partial charge in [0.2, 0.25) is 6.10 Å². The number of hydrogen-bond acceptors (Lipinski definition) is 5. The number of benzene rings is 2. The Morgan fingerprint density at radius 2 is 1.58 bits per heavy atom. The minimum Gasteiger partial charge on any atom is -0.478 e. The Bertz CT molecular complexity index is 747. The summed E-state index contributed by atoms with van der Waals surface area (Å²) in [7, 11) is 0. The van der Waals surface area contributed by atoms with E-state index in [1.54, 1.807) is 30.3 Å². The molecule has 2 atom stereocenters. The summed E-state index contributed by atoms with van der Waals surface area (Å²) in [6.07, 6.45) is -2.25. The van der Waals surface area contributed by atoms with Crippen molar-refractivity contribution in [2.45, 2.75) is 25.7 Å². The molecule has 0 fully saturated rings. The lowest BCUT2D eigenvalue weighted by Gasteiger charge is -2.18. The number of nitrogens with one attached hydrogen (secondary N) is 1. The summed E-state index contributed by atoms with van der Waals surface area (Å²) >= 11 is 0. The lowest BCUT2D eigenvalue weighted by molar-refractivity contribution is -0.165. The summed E-state index contributed by atoms with van der Waals surface area (Å²) in [5, 5.41) is 11.6. The van der Waals surface area contributed by atoms with Gasteiger partial charge in [-0.05, 0) is 12.5 Å². The molecule has 0 spiro atoms. The average Bonchev–Trinajstić information content (AvgIpc) is 2.65. The highest BCUT2D eigenvalue weighted by molar-refractivity contribution is 5.84. The standard InChI is InChI=1S/C19H19NO6/c1-13(20-19(24)25-12-14-8-4-2-5-9-14)18(23)26-16(17(21)22)15-10-6-3-7-11-15/h2-11,13,16H,12H2,1H3,(H,20,24)(H,21,22)/t13-,16?/m0/s1. The van der Waals surface area contributed by atoms with Crippen molar-refractivity contribution >= 4 is 18.0 Å². The lowest BCUT2D eigenvalue weighted by Crippen LogP contribution is -2.40. The van der Waals surface area contributed by atoms with E-state index in [1.807, 2.05) is 18.2 Å². The Morgan fingerprint density at radius 1 is 1.00 bits per heavy atom. The third kappa shape index (κ3) is 5.62. The first-order chi connectivity index (χ1) is 12.5. The molecule has 2 N–H and O–H groups in total. The molecular weight excluding hydrogens is 338 g/mol. The predicted octanol–water partition coefficient (Wildman–Crippen LogP) is 2.67. The smallest absolute Gasteiger partial charge is 0.408 e. The van der Waals surface area contributed by atoms with Crippen molar-refractivity contribution in [2.24, 2.45) is 0 Å². The molecule has 0 aliphatic carbocycles. The molecule has 2 aromatic carbocycles. The summed E-state index contributed by atoms with van der Waals surface area (Å²) in [5.74, 6) is -2.18. The van der Waals surface area contributed by atoms with Gasteiger partial charge in [-0.15, -0.1) is 0 Å². The molecule has 0 heterocycles. The Morgan fingerprint density at radius 3 is 2.15 bits per heavy atom. The third-order valence-electron chi connectivity index (χ3n) is 3.46. The van der Waals surface area contributed by atoms with Crippen LogP contribution >= 0.6 is 0 Å². The van der Waals surface area contributed by atoms with Crippen LogP contribution in [0.1, 0.15) is 24.2 Å². The van der Waals surface area contributed by atoms with E-state index in [0.717, 1.165) is 5.56 Å². The SMILES string of the molecule is C[C@H](NC(=O)OCc1ccccc1)C(=O)OC(C(=O)O)c1ccccc1. The summed E-state index contributed by atoms with van der Waals surface area (Å²) in [6, 6.07) is 16.1. The van der Waals surface area contributed by atoms with Crippen molar-refractivity contribution in [2.75, 3.05) is 0 Å². The van der Waals surface area contributed by atoms with Crippen molar-refractivity contribution in [1.29, 1.82) is 0 Å². The fraction of sp³-hybridized carbons (Fsp3) is 0.211. The fourth-order valence-corrected chi connectivity index (χ4v) is 2.11. The number of carboxylic acids is 1. The highest BCUT2D eigenvalue weighted by Gasteiger charge is 2.27. The fourth-order valence-electron chi connectivity index (χ4n) is 2.11. The van der Waals surface area contributed by atoms with Crippen LogP contribution in [0.3, 0.4) is 0 Å². The molecule has 7 heteroatoms. The van der Waals surface area contributed by atoms with Crippen LogP contribution in [-0.2, 0) is 25.7 Å². The minimum absolute atomic E-state index is 0.0518. The van der Waals surface area contributed by atoms with Gasteiger partial charge in [0.05, 0.1) is 0 Å². The number of rotatable bonds is 7. The van der Waals surface area contributed by atoms with Crippen LogP contribution in [0.5, 0.6) is 0 Å². The largest absolute Gasteiger partial charge is 0.478 e. The average molecular weight is 357 g/mol. The van der Waals surface area contributed by atoms with Crippen molar-refractivity contribution in [3.8, 4) is 0 Å². The van der Waals surface area contributed by atoms with Gasteiger partial charge >= 0.3 is 18.0 Å². The number of esters is 1. The zero-order valence-corrected chi connectivity index (χ0v) is 14.1. The van der Waals surface area contributed by atoms with Crippen molar-refractivity contribution in [1.82, 2.24) is 5.32 Å². The molecular formula is C19H19NO6. The van der Waals surface area contributed by atoms with Crippen LogP contribution in [0.25, 0.3) is 0 Å². The Kier molecular flexibility index (Phi) is 6.73. The molecule has 0 aliphatic heterocycles. The quantitative estimate of drug-likeness (QED) is 0.739. The molecule has 1 unspecified atom stereocenters. The summed E-state index contributed by atoms with van der Waals surface area (Å²) in [6.45, 7) is 1.44. The second-order valence-corrected chi connectivity index (χ2v) is 5.49. The summed E-state index contributed by atoms with van der Waals surface area (Å²) < 4.78 is 10.0. The van der Waals surface area contributed by atoms with Crippen LogP contribution in [0, 0.1) is 0 Å². The minimum atomic E-state index is -1.45. The molecule has 0 aliphatic rings. The molecule has 2 aromatic rings. The molecule has 0 radical (unpaired) electrons. The lowest BCUT2D eigenvalue weighted by atomic mass is 10.1. The van der Waals surface area contributed by atoms with E-state index in [1.165, 1.54) is 19.1 Å². The third-order valence-corrected chi connectivity index (χ3v) is 3.46. The summed E-state index contributed by atoms with van der Waals surface area (Å²) in [5.41, 5.74) is 1.13. The van der Waals surface area contributed by atoms with Gasteiger partial charge in [-0.3, -0.25) is 0 Å². The van der Waals surface area contributed by atoms with E-state index in [-0.39, 0.29) is 6.61 Å². The number of amides is 1. The highest BCUT2D eigenvalue weighted by Crippen LogP contribution is 2.18. The monoisotopic (exact) mass is 357 g/mol. The summed E-state index contributed by atoms with van der Waals surface area (Å²) in [4.78, 5) is 35.2. The molecule has 0 bridgehead atoms. The van der Waals surface area contributed by atoms with Gasteiger partial charge in [-0.2, -0.15) is 0 Å². The van der Waals surface area contributed by atoms with Crippen LogP contribution < -0.4 is 5.32 Å². The van der Waals surface area contributed by atoms with Gasteiger partial charge in [-0.1, -0.05) is 60.7 Å². The maximum absolute atomic E-state index is 12.1. The Hall–Kier alpha value is -3.35. The number of ether oxygens (including phenoxy) is 2. The van der Waals surface area contributed by atoms with Gasteiger partial charge in [0.25, 0.3) is 0 Å². The number of alkyl carbamates (subject to hydrolysis) is 1. The normalized spacial score (nSPS) is 12.5. The van der Waals surface area contributed by atoms with Crippen molar-refractivity contribution in [3.05, 3.63) is 71.8 Å². The molecule has 7 nitrogen and oxygen atoms in total. The van der Waals surface area contributed by atoms with E-state index >= 15 is 0 Å². The van der Waals surface area contributed by atoms with Gasteiger partial charge in [0.15, 0.2) is 0 Å². The van der Waals surface area contributed by atoms with E-state index in [4.69, 9.17) is 9.47 Å². The van der Waals surface area contributed by atoms with Crippen molar-refractivity contribution < 1.29 is 29.0 Å². The van der Waals surface area contributed by atoms with Gasteiger partial charge < -0.3 is 19.9 Å². The number of carbonyl (C=O) groups is 3. The maximum atomic E-state index is 12.1. The zero-order valence-electron chi connectivity index (χ0n) is 14.1.